The number of hydrogen-bond donors (Lipinski definition) is 3. The van der Waals surface area contributed by atoms with Gasteiger partial charge in [0.1, 0.15) is 5.60 Å². The van der Waals surface area contributed by atoms with Crippen molar-refractivity contribution < 1.29 is 9.53 Å². The van der Waals surface area contributed by atoms with Crippen LogP contribution in [0.15, 0.2) is 4.99 Å². The Bertz CT molecular complexity index is 393. The zero-order valence-electron chi connectivity index (χ0n) is 14.8. The minimum absolute atomic E-state index is 0. The number of amides is 1. The van der Waals surface area contributed by atoms with Crippen LogP contribution >= 0.6 is 35.7 Å². The molecule has 0 radical (unpaired) electrons. The van der Waals surface area contributed by atoms with Crippen LogP contribution in [0.5, 0.6) is 0 Å². The van der Waals surface area contributed by atoms with Gasteiger partial charge in [0, 0.05) is 31.4 Å². The second-order valence-corrected chi connectivity index (χ2v) is 8.37. The lowest BCUT2D eigenvalue weighted by atomic mass is 10.1. The molecule has 1 heterocycles. The molecule has 0 aromatic carbocycles. The summed E-state index contributed by atoms with van der Waals surface area (Å²) in [5, 5.41) is 9.25. The van der Waals surface area contributed by atoms with E-state index in [2.05, 4.69) is 27.9 Å². The number of ether oxygens (including phenoxy) is 1. The lowest BCUT2D eigenvalue weighted by Crippen LogP contribution is -2.46. The second-order valence-electron chi connectivity index (χ2n) is 6.68. The van der Waals surface area contributed by atoms with Crippen LogP contribution in [0.2, 0.25) is 0 Å². The van der Waals surface area contributed by atoms with Gasteiger partial charge in [0.2, 0.25) is 0 Å². The van der Waals surface area contributed by atoms with Crippen molar-refractivity contribution in [2.45, 2.75) is 50.9 Å². The number of halogens is 1. The Morgan fingerprint density at radius 1 is 1.26 bits per heavy atom. The van der Waals surface area contributed by atoms with Crippen molar-refractivity contribution in [3.63, 3.8) is 0 Å². The lowest BCUT2D eigenvalue weighted by Gasteiger charge is -2.24. The predicted octanol–water partition coefficient (Wildman–Crippen LogP) is 2.58. The van der Waals surface area contributed by atoms with Crippen molar-refractivity contribution in [3.05, 3.63) is 0 Å². The third-order valence-electron chi connectivity index (χ3n) is 3.24. The van der Waals surface area contributed by atoms with Crippen molar-refractivity contribution in [2.75, 3.05) is 32.4 Å². The molecule has 8 heteroatoms. The third-order valence-corrected chi connectivity index (χ3v) is 4.78. The van der Waals surface area contributed by atoms with E-state index in [0.29, 0.717) is 17.8 Å². The smallest absolute Gasteiger partial charge is 0.407 e. The van der Waals surface area contributed by atoms with Crippen molar-refractivity contribution in [2.24, 2.45) is 4.99 Å². The molecule has 1 amide bonds. The number of rotatable bonds is 5. The number of aliphatic imine (C=N–C) groups is 1. The molecule has 0 aliphatic carbocycles. The minimum atomic E-state index is -0.469. The normalized spacial score (nSPS) is 21.3. The zero-order chi connectivity index (χ0) is 16.6. The highest BCUT2D eigenvalue weighted by atomic mass is 127. The van der Waals surface area contributed by atoms with E-state index in [1.54, 1.807) is 7.05 Å². The van der Waals surface area contributed by atoms with Crippen molar-refractivity contribution in [3.8, 4) is 0 Å². The molecule has 1 aliphatic rings. The topological polar surface area (TPSA) is 74.8 Å². The first-order valence-corrected chi connectivity index (χ1v) is 8.78. The summed E-state index contributed by atoms with van der Waals surface area (Å²) in [5.41, 5.74) is -0.469. The highest BCUT2D eigenvalue weighted by Gasteiger charge is 2.29. The van der Waals surface area contributed by atoms with Crippen LogP contribution in [-0.4, -0.2) is 54.8 Å². The Balaban J connectivity index is 0.00000484. The van der Waals surface area contributed by atoms with Crippen LogP contribution in [0.25, 0.3) is 0 Å². The monoisotopic (exact) mass is 458 g/mol. The van der Waals surface area contributed by atoms with Crippen LogP contribution in [0.4, 0.5) is 4.79 Å². The molecule has 1 fully saturated rings. The molecule has 1 saturated heterocycles. The molecule has 0 aromatic heterocycles. The molecule has 0 aromatic rings. The van der Waals surface area contributed by atoms with Crippen LogP contribution in [-0.2, 0) is 4.74 Å². The molecule has 136 valence electrons. The minimum Gasteiger partial charge on any atom is -0.444 e. The number of carbonyl (C=O) groups excluding carboxylic acids is 1. The van der Waals surface area contributed by atoms with Gasteiger partial charge >= 0.3 is 6.09 Å². The Morgan fingerprint density at radius 2 is 1.91 bits per heavy atom. The van der Waals surface area contributed by atoms with Gasteiger partial charge < -0.3 is 20.7 Å². The SMILES string of the molecule is CN=C(NCCNC(=O)OC(C)(C)C)NCC1(C)CCCS1.I. The number of nitrogens with zero attached hydrogens (tertiary/aromatic N) is 1. The van der Waals surface area contributed by atoms with Gasteiger partial charge in [-0.05, 0) is 46.3 Å². The molecule has 1 rings (SSSR count). The number of carbonyl (C=O) groups is 1. The maximum atomic E-state index is 11.5. The van der Waals surface area contributed by atoms with Gasteiger partial charge in [0.15, 0.2) is 5.96 Å². The summed E-state index contributed by atoms with van der Waals surface area (Å²) < 4.78 is 5.47. The lowest BCUT2D eigenvalue weighted by molar-refractivity contribution is 0.0529. The van der Waals surface area contributed by atoms with E-state index in [9.17, 15) is 4.79 Å². The Kier molecular flexibility index (Phi) is 10.3. The number of alkyl carbamates (subject to hydrolysis) is 1. The van der Waals surface area contributed by atoms with Crippen molar-refractivity contribution in [1.29, 1.82) is 0 Å². The number of thioether (sulfide) groups is 1. The Labute approximate surface area is 161 Å². The van der Waals surface area contributed by atoms with E-state index in [1.165, 1.54) is 18.6 Å². The van der Waals surface area contributed by atoms with Crippen LogP contribution in [0, 0.1) is 0 Å². The summed E-state index contributed by atoms with van der Waals surface area (Å²) >= 11 is 2.02. The summed E-state index contributed by atoms with van der Waals surface area (Å²) in [4.78, 5) is 15.7. The van der Waals surface area contributed by atoms with Crippen LogP contribution in [0.3, 0.4) is 0 Å². The molecule has 0 spiro atoms. The van der Waals surface area contributed by atoms with Gasteiger partial charge in [-0.2, -0.15) is 11.8 Å². The molecule has 1 aliphatic heterocycles. The second kappa shape index (κ2) is 10.5. The van der Waals surface area contributed by atoms with Gasteiger partial charge in [-0.3, -0.25) is 4.99 Å². The quantitative estimate of drug-likeness (QED) is 0.256. The van der Waals surface area contributed by atoms with Crippen LogP contribution in [0.1, 0.15) is 40.5 Å². The first-order chi connectivity index (χ1) is 10.2. The molecule has 0 saturated carbocycles. The van der Waals surface area contributed by atoms with Gasteiger partial charge in [-0.25, -0.2) is 4.79 Å². The van der Waals surface area contributed by atoms with E-state index in [1.807, 2.05) is 32.5 Å². The fourth-order valence-corrected chi connectivity index (χ4v) is 3.37. The molecule has 23 heavy (non-hydrogen) atoms. The molecule has 1 atom stereocenters. The van der Waals surface area contributed by atoms with E-state index < -0.39 is 11.7 Å². The number of nitrogens with one attached hydrogen (secondary N) is 3. The van der Waals surface area contributed by atoms with Gasteiger partial charge in [0.25, 0.3) is 0 Å². The van der Waals surface area contributed by atoms with Gasteiger partial charge in [0.05, 0.1) is 0 Å². The largest absolute Gasteiger partial charge is 0.444 e. The maximum absolute atomic E-state index is 11.5. The van der Waals surface area contributed by atoms with E-state index >= 15 is 0 Å². The molecule has 1 unspecified atom stereocenters. The standard InChI is InChI=1S/C15H30N4O2S.HI/c1-14(2,3)21-13(20)18-9-8-17-12(16-5)19-11-15(4)7-6-10-22-15;/h6-11H2,1-5H3,(H,18,20)(H2,16,17,19);1H. The molecular formula is C15H31IN4O2S. The van der Waals surface area contributed by atoms with Gasteiger partial charge in [-0.1, -0.05) is 0 Å². The first kappa shape index (κ1) is 22.6. The highest BCUT2D eigenvalue weighted by molar-refractivity contribution is 14.0. The van der Waals surface area contributed by atoms with Crippen molar-refractivity contribution in [1.82, 2.24) is 16.0 Å². The van der Waals surface area contributed by atoms with Crippen LogP contribution < -0.4 is 16.0 Å². The fraction of sp³-hybridized carbons (Fsp3) is 0.867. The molecular weight excluding hydrogens is 427 g/mol. The van der Waals surface area contributed by atoms with E-state index in [-0.39, 0.29) is 24.0 Å². The Morgan fingerprint density at radius 3 is 2.43 bits per heavy atom. The van der Waals surface area contributed by atoms with E-state index in [0.717, 1.165) is 12.5 Å². The summed E-state index contributed by atoms with van der Waals surface area (Å²) in [7, 11) is 1.75. The third kappa shape index (κ3) is 10.2. The zero-order valence-corrected chi connectivity index (χ0v) is 18.0. The summed E-state index contributed by atoms with van der Waals surface area (Å²) in [6, 6.07) is 0. The molecule has 0 bridgehead atoms. The first-order valence-electron chi connectivity index (χ1n) is 7.79. The van der Waals surface area contributed by atoms with Gasteiger partial charge in [-0.15, -0.1) is 24.0 Å². The Hall–Kier alpha value is -0.380. The number of hydrogen-bond acceptors (Lipinski definition) is 4. The summed E-state index contributed by atoms with van der Waals surface area (Å²) in [6.45, 7) is 9.81. The fourth-order valence-electron chi connectivity index (χ4n) is 2.13. The highest BCUT2D eigenvalue weighted by Crippen LogP contribution is 2.36. The average molecular weight is 458 g/mol. The van der Waals surface area contributed by atoms with E-state index in [4.69, 9.17) is 4.74 Å². The predicted molar refractivity (Wildman–Crippen MR) is 109 cm³/mol. The maximum Gasteiger partial charge on any atom is 0.407 e. The molecule has 6 nitrogen and oxygen atoms in total. The number of guanidine groups is 1. The van der Waals surface area contributed by atoms with Crippen molar-refractivity contribution >= 4 is 47.8 Å². The summed E-state index contributed by atoms with van der Waals surface area (Å²) in [6.07, 6.45) is 2.13. The molecule has 3 N–H and O–H groups in total. The average Bonchev–Trinajstić information content (AvgIpc) is 2.83. The summed E-state index contributed by atoms with van der Waals surface area (Å²) in [5.74, 6) is 2.00.